The van der Waals surface area contributed by atoms with E-state index in [1.807, 2.05) is 31.2 Å². The number of amides is 2. The van der Waals surface area contributed by atoms with Crippen molar-refractivity contribution in [3.8, 4) is 11.7 Å². The fourth-order valence-electron chi connectivity index (χ4n) is 3.37. The first-order valence-electron chi connectivity index (χ1n) is 9.40. The van der Waals surface area contributed by atoms with Crippen molar-refractivity contribution in [2.24, 2.45) is 0 Å². The molecule has 2 aromatic heterocycles. The summed E-state index contributed by atoms with van der Waals surface area (Å²) < 4.78 is 6.57. The molecule has 150 valence electrons. The third kappa shape index (κ3) is 3.98. The Hall–Kier alpha value is -3.62. The Kier molecular flexibility index (Phi) is 5.03. The number of nitrogens with zero attached hydrogens (tertiary/aromatic N) is 3. The first-order valence-corrected chi connectivity index (χ1v) is 9.40. The standard InChI is InChI=1S/C20H22N6O3/c1-12-10-17(23-20(28)21-11-13-6-8-14(29-2)9-7-13)26(25-12)19-22-16-5-3-4-15(16)18(27)24-19/h6-10H,3-5,11H2,1-2H3,(H2,21,23,28)(H,22,24,27). The van der Waals surface area contributed by atoms with Crippen LogP contribution >= 0.6 is 0 Å². The summed E-state index contributed by atoms with van der Waals surface area (Å²) in [5.74, 6) is 1.48. The number of anilines is 1. The Morgan fingerprint density at radius 1 is 1.28 bits per heavy atom. The number of ether oxygens (including phenoxy) is 1. The highest BCUT2D eigenvalue weighted by atomic mass is 16.5. The lowest BCUT2D eigenvalue weighted by Crippen LogP contribution is -2.29. The number of fused-ring (bicyclic) bond motifs is 1. The van der Waals surface area contributed by atoms with Crippen molar-refractivity contribution in [2.75, 3.05) is 12.4 Å². The van der Waals surface area contributed by atoms with E-state index in [4.69, 9.17) is 4.74 Å². The molecule has 0 aliphatic heterocycles. The molecule has 3 aromatic rings. The number of aromatic nitrogens is 4. The van der Waals surface area contributed by atoms with E-state index in [1.54, 1.807) is 13.2 Å². The van der Waals surface area contributed by atoms with E-state index in [2.05, 4.69) is 25.7 Å². The summed E-state index contributed by atoms with van der Waals surface area (Å²) in [6.07, 6.45) is 2.44. The van der Waals surface area contributed by atoms with Gasteiger partial charge in [0, 0.05) is 18.2 Å². The first-order chi connectivity index (χ1) is 14.0. The topological polar surface area (TPSA) is 114 Å². The summed E-state index contributed by atoms with van der Waals surface area (Å²) in [4.78, 5) is 32.0. The number of hydrogen-bond donors (Lipinski definition) is 3. The number of benzene rings is 1. The molecule has 0 atom stereocenters. The van der Waals surface area contributed by atoms with Gasteiger partial charge in [-0.25, -0.2) is 9.78 Å². The van der Waals surface area contributed by atoms with E-state index in [9.17, 15) is 9.59 Å². The van der Waals surface area contributed by atoms with Gasteiger partial charge in [-0.1, -0.05) is 12.1 Å². The van der Waals surface area contributed by atoms with Crippen LogP contribution in [-0.2, 0) is 19.4 Å². The molecular formula is C20H22N6O3. The lowest BCUT2D eigenvalue weighted by atomic mass is 10.2. The molecule has 0 saturated carbocycles. The SMILES string of the molecule is COc1ccc(CNC(=O)Nc2cc(C)nn2-c2nc3c(c(=O)[nH]2)CCC3)cc1. The molecule has 1 aromatic carbocycles. The molecule has 29 heavy (non-hydrogen) atoms. The van der Waals surface area contributed by atoms with Gasteiger partial charge in [0.2, 0.25) is 5.95 Å². The maximum Gasteiger partial charge on any atom is 0.320 e. The maximum absolute atomic E-state index is 12.4. The Balaban J connectivity index is 1.49. The van der Waals surface area contributed by atoms with E-state index < -0.39 is 0 Å². The molecule has 4 rings (SSSR count). The van der Waals surface area contributed by atoms with Crippen LogP contribution in [0.4, 0.5) is 10.6 Å². The van der Waals surface area contributed by atoms with Gasteiger partial charge in [-0.2, -0.15) is 9.78 Å². The Morgan fingerprint density at radius 3 is 2.83 bits per heavy atom. The quantitative estimate of drug-likeness (QED) is 0.613. The molecule has 3 N–H and O–H groups in total. The molecule has 2 amide bonds. The summed E-state index contributed by atoms with van der Waals surface area (Å²) in [5, 5.41) is 9.94. The van der Waals surface area contributed by atoms with Gasteiger partial charge in [-0.15, -0.1) is 0 Å². The number of hydrogen-bond acceptors (Lipinski definition) is 5. The minimum Gasteiger partial charge on any atom is -0.497 e. The number of carbonyl (C=O) groups is 1. The zero-order chi connectivity index (χ0) is 20.4. The van der Waals surface area contributed by atoms with Crippen LogP contribution in [0.25, 0.3) is 5.95 Å². The third-order valence-electron chi connectivity index (χ3n) is 4.81. The summed E-state index contributed by atoms with van der Waals surface area (Å²) >= 11 is 0. The zero-order valence-electron chi connectivity index (χ0n) is 16.3. The second kappa shape index (κ2) is 7.78. The van der Waals surface area contributed by atoms with Crippen molar-refractivity contribution in [3.63, 3.8) is 0 Å². The van der Waals surface area contributed by atoms with Crippen LogP contribution in [0.2, 0.25) is 0 Å². The van der Waals surface area contributed by atoms with Crippen LogP contribution in [-0.4, -0.2) is 32.9 Å². The van der Waals surface area contributed by atoms with Crippen LogP contribution in [0.1, 0.15) is 28.9 Å². The van der Waals surface area contributed by atoms with Crippen LogP contribution in [0, 0.1) is 6.92 Å². The number of aromatic amines is 1. The number of carbonyl (C=O) groups excluding carboxylic acids is 1. The fourth-order valence-corrected chi connectivity index (χ4v) is 3.37. The van der Waals surface area contributed by atoms with Gasteiger partial charge in [0.15, 0.2) is 0 Å². The van der Waals surface area contributed by atoms with E-state index in [1.165, 1.54) is 4.68 Å². The molecule has 1 aliphatic rings. The van der Waals surface area contributed by atoms with Crippen molar-refractivity contribution in [3.05, 3.63) is 63.2 Å². The lowest BCUT2D eigenvalue weighted by Gasteiger charge is -2.10. The van der Waals surface area contributed by atoms with Gasteiger partial charge in [0.1, 0.15) is 11.6 Å². The minimum atomic E-state index is -0.384. The molecule has 0 bridgehead atoms. The molecule has 0 unspecified atom stereocenters. The lowest BCUT2D eigenvalue weighted by molar-refractivity contribution is 0.251. The van der Waals surface area contributed by atoms with Crippen LogP contribution in [0.3, 0.4) is 0 Å². The zero-order valence-corrected chi connectivity index (χ0v) is 16.3. The molecule has 0 spiro atoms. The summed E-state index contributed by atoms with van der Waals surface area (Å²) in [6, 6.07) is 8.77. The number of H-pyrrole nitrogens is 1. The first kappa shape index (κ1) is 18.7. The number of urea groups is 1. The maximum atomic E-state index is 12.4. The Labute approximate surface area is 167 Å². The van der Waals surface area contributed by atoms with E-state index in [-0.39, 0.29) is 11.6 Å². The highest BCUT2D eigenvalue weighted by Crippen LogP contribution is 2.19. The van der Waals surface area contributed by atoms with Crippen LogP contribution in [0.5, 0.6) is 5.75 Å². The number of rotatable bonds is 5. The summed E-state index contributed by atoms with van der Waals surface area (Å²) in [6.45, 7) is 2.17. The van der Waals surface area contributed by atoms with Crippen molar-refractivity contribution in [1.82, 2.24) is 25.1 Å². The molecule has 1 aliphatic carbocycles. The second-order valence-corrected chi connectivity index (χ2v) is 6.91. The third-order valence-corrected chi connectivity index (χ3v) is 4.81. The predicted octanol–water partition coefficient (Wildman–Crippen LogP) is 2.08. The van der Waals surface area contributed by atoms with E-state index in [0.717, 1.165) is 41.8 Å². The summed E-state index contributed by atoms with van der Waals surface area (Å²) in [7, 11) is 1.61. The second-order valence-electron chi connectivity index (χ2n) is 6.91. The monoisotopic (exact) mass is 394 g/mol. The normalized spacial score (nSPS) is 12.5. The van der Waals surface area contributed by atoms with E-state index >= 15 is 0 Å². The van der Waals surface area contributed by atoms with Crippen LogP contribution < -0.4 is 20.9 Å². The number of nitrogens with one attached hydrogen (secondary N) is 3. The van der Waals surface area contributed by atoms with Crippen molar-refractivity contribution < 1.29 is 9.53 Å². The number of aryl methyl sites for hydroxylation is 2. The molecule has 0 saturated heterocycles. The van der Waals surface area contributed by atoms with Gasteiger partial charge in [-0.05, 0) is 43.9 Å². The van der Waals surface area contributed by atoms with Gasteiger partial charge in [0.25, 0.3) is 5.56 Å². The van der Waals surface area contributed by atoms with Crippen molar-refractivity contribution in [2.45, 2.75) is 32.7 Å². The van der Waals surface area contributed by atoms with Crippen molar-refractivity contribution >= 4 is 11.8 Å². The molecular weight excluding hydrogens is 372 g/mol. The molecule has 0 radical (unpaired) electrons. The van der Waals surface area contributed by atoms with Gasteiger partial charge in [0.05, 0.1) is 18.5 Å². The molecule has 9 heteroatoms. The smallest absolute Gasteiger partial charge is 0.320 e. The van der Waals surface area contributed by atoms with Gasteiger partial charge >= 0.3 is 6.03 Å². The highest BCUT2D eigenvalue weighted by molar-refractivity contribution is 5.88. The van der Waals surface area contributed by atoms with Crippen molar-refractivity contribution in [1.29, 1.82) is 0 Å². The number of methoxy groups -OCH3 is 1. The fraction of sp³-hybridized carbons (Fsp3) is 0.300. The average molecular weight is 394 g/mol. The summed E-state index contributed by atoms with van der Waals surface area (Å²) in [5.41, 5.74) is 3.02. The molecule has 0 fully saturated rings. The Morgan fingerprint density at radius 2 is 2.07 bits per heavy atom. The average Bonchev–Trinajstić information content (AvgIpc) is 3.33. The highest BCUT2D eigenvalue weighted by Gasteiger charge is 2.20. The largest absolute Gasteiger partial charge is 0.497 e. The van der Waals surface area contributed by atoms with Crippen LogP contribution in [0.15, 0.2) is 35.1 Å². The van der Waals surface area contributed by atoms with Gasteiger partial charge in [-0.3, -0.25) is 15.1 Å². The predicted molar refractivity (Wildman–Crippen MR) is 108 cm³/mol. The minimum absolute atomic E-state index is 0.148. The Bertz CT molecular complexity index is 1100. The van der Waals surface area contributed by atoms with Gasteiger partial charge < -0.3 is 10.1 Å². The molecule has 9 nitrogen and oxygen atoms in total. The van der Waals surface area contributed by atoms with E-state index in [0.29, 0.717) is 24.0 Å². The molecule has 2 heterocycles.